The molecule has 2 heterocycles. The van der Waals surface area contributed by atoms with Crippen molar-refractivity contribution in [3.8, 4) is 0 Å². The molecule has 0 atom stereocenters. The Balaban J connectivity index is 1.55. The van der Waals surface area contributed by atoms with Gasteiger partial charge in [-0.15, -0.1) is 0 Å². The van der Waals surface area contributed by atoms with Crippen molar-refractivity contribution in [3.63, 3.8) is 0 Å². The molecule has 21 heavy (non-hydrogen) atoms. The topological polar surface area (TPSA) is 42.1 Å². The van der Waals surface area contributed by atoms with Gasteiger partial charge in [-0.3, -0.25) is 9.88 Å². The Labute approximate surface area is 126 Å². The first-order valence-corrected chi connectivity index (χ1v) is 7.98. The minimum absolute atomic E-state index is 0.593. The van der Waals surface area contributed by atoms with Gasteiger partial charge in [-0.1, -0.05) is 12.5 Å². The van der Waals surface area contributed by atoms with Gasteiger partial charge in [0.15, 0.2) is 0 Å². The highest BCUT2D eigenvalue weighted by Gasteiger charge is 2.46. The number of aryl methyl sites for hydroxylation is 1. The van der Waals surface area contributed by atoms with Gasteiger partial charge in [-0.25, -0.2) is 0 Å². The maximum atomic E-state index is 5.78. The summed E-state index contributed by atoms with van der Waals surface area (Å²) in [5.74, 6) is 0. The van der Waals surface area contributed by atoms with Crippen molar-refractivity contribution < 1.29 is 0 Å². The summed E-state index contributed by atoms with van der Waals surface area (Å²) in [6.45, 7) is 6.32. The zero-order valence-corrected chi connectivity index (χ0v) is 12.7. The second-order valence-electron chi connectivity index (χ2n) is 7.03. The van der Waals surface area contributed by atoms with Crippen molar-refractivity contribution in [1.29, 1.82) is 0 Å². The number of pyridine rings is 1. The number of nitrogens with two attached hydrogens (primary N) is 1. The molecule has 0 unspecified atom stereocenters. The molecule has 1 aliphatic carbocycles. The fourth-order valence-corrected chi connectivity index (χ4v) is 4.02. The molecule has 2 aliphatic rings. The number of rotatable bonds is 3. The lowest BCUT2D eigenvalue weighted by Gasteiger charge is -2.56. The normalized spacial score (nSPS) is 20.5. The number of aromatic nitrogens is 1. The molecule has 110 valence electrons. The highest BCUT2D eigenvalue weighted by atomic mass is 15.2. The van der Waals surface area contributed by atoms with Crippen molar-refractivity contribution in [2.24, 2.45) is 11.1 Å². The van der Waals surface area contributed by atoms with E-state index in [1.807, 2.05) is 6.20 Å². The molecule has 1 aromatic carbocycles. The predicted molar refractivity (Wildman–Crippen MR) is 85.9 cm³/mol. The monoisotopic (exact) mass is 281 g/mol. The molecular weight excluding hydrogens is 258 g/mol. The van der Waals surface area contributed by atoms with Gasteiger partial charge in [0.2, 0.25) is 0 Å². The van der Waals surface area contributed by atoms with Gasteiger partial charge in [0.05, 0.1) is 5.52 Å². The average molecular weight is 281 g/mol. The summed E-state index contributed by atoms with van der Waals surface area (Å²) in [5, 5.41) is 1.23. The Kier molecular flexibility index (Phi) is 3.02. The molecule has 1 aliphatic heterocycles. The van der Waals surface area contributed by atoms with Gasteiger partial charge in [0, 0.05) is 37.8 Å². The second kappa shape index (κ2) is 4.79. The summed E-state index contributed by atoms with van der Waals surface area (Å²) in [6, 6.07) is 6.62. The van der Waals surface area contributed by atoms with Gasteiger partial charge in [0.25, 0.3) is 0 Å². The summed E-state index contributed by atoms with van der Waals surface area (Å²) in [4.78, 5) is 7.23. The van der Waals surface area contributed by atoms with Gasteiger partial charge in [-0.05, 0) is 54.0 Å². The van der Waals surface area contributed by atoms with Gasteiger partial charge >= 0.3 is 0 Å². The van der Waals surface area contributed by atoms with Crippen LogP contribution in [0, 0.1) is 12.3 Å². The maximum Gasteiger partial charge on any atom is 0.0731 e. The van der Waals surface area contributed by atoms with E-state index in [0.29, 0.717) is 12.0 Å². The van der Waals surface area contributed by atoms with E-state index in [1.54, 1.807) is 0 Å². The van der Waals surface area contributed by atoms with E-state index >= 15 is 0 Å². The van der Waals surface area contributed by atoms with Gasteiger partial charge in [0.1, 0.15) is 0 Å². The summed E-state index contributed by atoms with van der Waals surface area (Å²) in [5.41, 5.74) is 11.3. The Morgan fingerprint density at radius 3 is 2.62 bits per heavy atom. The Hall–Kier alpha value is -1.45. The highest BCUT2D eigenvalue weighted by Crippen LogP contribution is 2.48. The van der Waals surface area contributed by atoms with Gasteiger partial charge in [-0.2, -0.15) is 0 Å². The summed E-state index contributed by atoms with van der Waals surface area (Å²) in [7, 11) is 0. The number of fused-ring (bicyclic) bond motifs is 1. The number of hydrogen-bond donors (Lipinski definition) is 1. The first-order valence-electron chi connectivity index (χ1n) is 7.98. The fraction of sp³-hybridized carbons (Fsp3) is 0.500. The van der Waals surface area contributed by atoms with Crippen LogP contribution >= 0.6 is 0 Å². The van der Waals surface area contributed by atoms with Crippen LogP contribution in [0.1, 0.15) is 36.0 Å². The molecule has 0 bridgehead atoms. The summed E-state index contributed by atoms with van der Waals surface area (Å²) < 4.78 is 0. The van der Waals surface area contributed by atoms with Crippen LogP contribution in [0.5, 0.6) is 0 Å². The lowest BCUT2D eigenvalue weighted by molar-refractivity contribution is -0.0645. The van der Waals surface area contributed by atoms with Crippen LogP contribution in [0.4, 0.5) is 0 Å². The molecule has 2 fully saturated rings. The number of benzene rings is 1. The molecule has 2 aromatic rings. The van der Waals surface area contributed by atoms with Crippen molar-refractivity contribution >= 4 is 10.9 Å². The minimum atomic E-state index is 0.593. The molecule has 4 rings (SSSR count). The Bertz CT molecular complexity index is 680. The van der Waals surface area contributed by atoms with Crippen LogP contribution < -0.4 is 5.73 Å². The standard InChI is InChI=1S/C18H23N3/c1-13-5-14(8-19)6-16-7-15(9-20-17(13)16)10-21-11-18(12-21)3-2-4-18/h5-7,9H,2-4,8,10-12,19H2,1H3. The van der Waals surface area contributed by atoms with E-state index in [1.165, 1.54) is 54.4 Å². The Morgan fingerprint density at radius 2 is 1.95 bits per heavy atom. The molecule has 1 spiro atoms. The molecule has 3 nitrogen and oxygen atoms in total. The van der Waals surface area contributed by atoms with Crippen molar-refractivity contribution in [2.75, 3.05) is 13.1 Å². The second-order valence-corrected chi connectivity index (χ2v) is 7.03. The van der Waals surface area contributed by atoms with Crippen LogP contribution in [0.15, 0.2) is 24.4 Å². The maximum absolute atomic E-state index is 5.78. The van der Waals surface area contributed by atoms with E-state index in [0.717, 1.165) is 12.1 Å². The van der Waals surface area contributed by atoms with Crippen molar-refractivity contribution in [3.05, 3.63) is 41.1 Å². The number of nitrogens with zero attached hydrogens (tertiary/aromatic N) is 2. The molecular formula is C18H23N3. The third-order valence-corrected chi connectivity index (χ3v) is 5.26. The van der Waals surface area contributed by atoms with Crippen LogP contribution in [-0.4, -0.2) is 23.0 Å². The zero-order valence-electron chi connectivity index (χ0n) is 12.7. The lowest BCUT2D eigenvalue weighted by atomic mass is 9.63. The third-order valence-electron chi connectivity index (χ3n) is 5.26. The molecule has 1 aromatic heterocycles. The van der Waals surface area contributed by atoms with Crippen molar-refractivity contribution in [1.82, 2.24) is 9.88 Å². The molecule has 0 amide bonds. The molecule has 1 saturated carbocycles. The van der Waals surface area contributed by atoms with E-state index in [2.05, 4.69) is 35.0 Å². The van der Waals surface area contributed by atoms with E-state index in [4.69, 9.17) is 5.73 Å². The van der Waals surface area contributed by atoms with Crippen LogP contribution in [0.3, 0.4) is 0 Å². The predicted octanol–water partition coefficient (Wildman–Crippen LogP) is 2.99. The highest BCUT2D eigenvalue weighted by molar-refractivity contribution is 5.82. The smallest absolute Gasteiger partial charge is 0.0731 e. The van der Waals surface area contributed by atoms with E-state index in [9.17, 15) is 0 Å². The summed E-state index contributed by atoms with van der Waals surface area (Å²) >= 11 is 0. The molecule has 1 saturated heterocycles. The van der Waals surface area contributed by atoms with Crippen LogP contribution in [-0.2, 0) is 13.1 Å². The molecule has 2 N–H and O–H groups in total. The largest absolute Gasteiger partial charge is 0.326 e. The lowest BCUT2D eigenvalue weighted by Crippen LogP contribution is -2.58. The Morgan fingerprint density at radius 1 is 1.19 bits per heavy atom. The van der Waals surface area contributed by atoms with Gasteiger partial charge < -0.3 is 5.73 Å². The first-order chi connectivity index (χ1) is 10.2. The van der Waals surface area contributed by atoms with E-state index < -0.39 is 0 Å². The zero-order chi connectivity index (χ0) is 14.4. The van der Waals surface area contributed by atoms with E-state index in [-0.39, 0.29) is 0 Å². The summed E-state index contributed by atoms with van der Waals surface area (Å²) in [6.07, 6.45) is 6.37. The minimum Gasteiger partial charge on any atom is -0.326 e. The van der Waals surface area contributed by atoms with Crippen molar-refractivity contribution in [2.45, 2.75) is 39.3 Å². The number of likely N-dealkylation sites (tertiary alicyclic amines) is 1. The average Bonchev–Trinajstić information content (AvgIpc) is 2.39. The fourth-order valence-electron chi connectivity index (χ4n) is 4.02. The third kappa shape index (κ3) is 2.25. The number of hydrogen-bond acceptors (Lipinski definition) is 3. The molecule has 3 heteroatoms. The van der Waals surface area contributed by atoms with Crippen LogP contribution in [0.2, 0.25) is 0 Å². The SMILES string of the molecule is Cc1cc(CN)cc2cc(CN3CC4(CCC4)C3)cnc12. The first kappa shape index (κ1) is 13.2. The molecule has 0 radical (unpaired) electrons. The van der Waals surface area contributed by atoms with Crippen LogP contribution in [0.25, 0.3) is 10.9 Å². The quantitative estimate of drug-likeness (QED) is 0.940.